The third kappa shape index (κ3) is 3.89. The Morgan fingerprint density at radius 2 is 1.82 bits per heavy atom. The molecule has 2 nitrogen and oxygen atoms in total. The lowest BCUT2D eigenvalue weighted by Crippen LogP contribution is -2.35. The molecular formula is C19H22ClNO. The molecule has 0 aliphatic carbocycles. The quantitative estimate of drug-likeness (QED) is 0.733. The fraction of sp³-hybridized carbons (Fsp3) is 0.368. The van der Waals surface area contributed by atoms with Crippen molar-refractivity contribution >= 4 is 11.6 Å². The Balaban J connectivity index is 1.70. The molecular weight excluding hydrogens is 294 g/mol. The SMILES string of the molecule is ClCCCN1Cc2ccccc2C(OCc2ccccc2)C1. The second-order valence-corrected chi connectivity index (χ2v) is 6.14. The van der Waals surface area contributed by atoms with E-state index in [4.69, 9.17) is 16.3 Å². The zero-order valence-corrected chi connectivity index (χ0v) is 13.5. The Kier molecular flexibility index (Phi) is 5.49. The fourth-order valence-electron chi connectivity index (χ4n) is 3.00. The van der Waals surface area contributed by atoms with Crippen molar-refractivity contribution in [3.8, 4) is 0 Å². The maximum atomic E-state index is 6.23. The van der Waals surface area contributed by atoms with Crippen molar-refractivity contribution in [1.82, 2.24) is 4.90 Å². The van der Waals surface area contributed by atoms with Gasteiger partial charge in [0.2, 0.25) is 0 Å². The highest BCUT2D eigenvalue weighted by atomic mass is 35.5. The first kappa shape index (κ1) is 15.5. The van der Waals surface area contributed by atoms with Crippen molar-refractivity contribution in [1.29, 1.82) is 0 Å². The monoisotopic (exact) mass is 315 g/mol. The second-order valence-electron chi connectivity index (χ2n) is 5.76. The lowest BCUT2D eigenvalue weighted by Gasteiger charge is -2.34. The molecule has 2 aromatic carbocycles. The maximum absolute atomic E-state index is 6.23. The zero-order chi connectivity index (χ0) is 15.2. The average molecular weight is 316 g/mol. The predicted octanol–water partition coefficient (Wildman–Crippen LogP) is 4.39. The van der Waals surface area contributed by atoms with Crippen LogP contribution in [0.1, 0.15) is 29.2 Å². The molecule has 2 aromatic rings. The van der Waals surface area contributed by atoms with E-state index >= 15 is 0 Å². The molecule has 1 atom stereocenters. The highest BCUT2D eigenvalue weighted by Gasteiger charge is 2.25. The van der Waals surface area contributed by atoms with Crippen molar-refractivity contribution < 1.29 is 4.74 Å². The molecule has 1 aliphatic heterocycles. The summed E-state index contributed by atoms with van der Waals surface area (Å²) in [5.41, 5.74) is 3.93. The molecule has 3 heteroatoms. The highest BCUT2D eigenvalue weighted by Crippen LogP contribution is 2.30. The van der Waals surface area contributed by atoms with Crippen LogP contribution < -0.4 is 0 Å². The summed E-state index contributed by atoms with van der Waals surface area (Å²) in [6, 6.07) is 19.0. The Morgan fingerprint density at radius 3 is 2.64 bits per heavy atom. The van der Waals surface area contributed by atoms with Gasteiger partial charge in [-0.25, -0.2) is 0 Å². The van der Waals surface area contributed by atoms with Crippen molar-refractivity contribution in [2.75, 3.05) is 19.0 Å². The van der Waals surface area contributed by atoms with Crippen LogP contribution in [0.15, 0.2) is 54.6 Å². The van der Waals surface area contributed by atoms with Crippen LogP contribution in [0.5, 0.6) is 0 Å². The third-order valence-electron chi connectivity index (χ3n) is 4.12. The minimum atomic E-state index is 0.139. The average Bonchev–Trinajstić information content (AvgIpc) is 2.58. The van der Waals surface area contributed by atoms with Gasteiger partial charge in [0.25, 0.3) is 0 Å². The summed E-state index contributed by atoms with van der Waals surface area (Å²) >= 11 is 5.84. The molecule has 0 saturated carbocycles. The molecule has 3 rings (SSSR count). The van der Waals surface area contributed by atoms with Crippen LogP contribution in [0.25, 0.3) is 0 Å². The summed E-state index contributed by atoms with van der Waals surface area (Å²) in [6.07, 6.45) is 1.16. The number of alkyl halides is 1. The minimum absolute atomic E-state index is 0.139. The normalized spacial score (nSPS) is 18.1. The Hall–Kier alpha value is -1.35. The molecule has 116 valence electrons. The van der Waals surface area contributed by atoms with E-state index in [0.717, 1.165) is 26.1 Å². The molecule has 1 unspecified atom stereocenters. The van der Waals surface area contributed by atoms with Crippen LogP contribution in [-0.4, -0.2) is 23.9 Å². The lowest BCUT2D eigenvalue weighted by atomic mass is 9.97. The molecule has 1 heterocycles. The van der Waals surface area contributed by atoms with Crippen LogP contribution >= 0.6 is 11.6 Å². The Bertz CT molecular complexity index is 587. The molecule has 1 aliphatic rings. The van der Waals surface area contributed by atoms with Gasteiger partial charge in [0, 0.05) is 19.0 Å². The summed E-state index contributed by atoms with van der Waals surface area (Å²) in [7, 11) is 0. The van der Waals surface area contributed by atoms with Crippen molar-refractivity contribution in [3.63, 3.8) is 0 Å². The highest BCUT2D eigenvalue weighted by molar-refractivity contribution is 6.17. The van der Waals surface area contributed by atoms with E-state index in [1.54, 1.807) is 0 Å². The first-order chi connectivity index (χ1) is 10.9. The first-order valence-electron chi connectivity index (χ1n) is 7.88. The molecule has 0 fully saturated rings. The number of rotatable bonds is 6. The number of benzene rings is 2. The molecule has 0 aromatic heterocycles. The fourth-order valence-corrected chi connectivity index (χ4v) is 3.12. The predicted molar refractivity (Wildman–Crippen MR) is 91.0 cm³/mol. The summed E-state index contributed by atoms with van der Waals surface area (Å²) in [5, 5.41) is 0. The molecule has 22 heavy (non-hydrogen) atoms. The van der Waals surface area contributed by atoms with Gasteiger partial charge in [-0.2, -0.15) is 0 Å². The minimum Gasteiger partial charge on any atom is -0.367 e. The van der Waals surface area contributed by atoms with Gasteiger partial charge >= 0.3 is 0 Å². The molecule has 0 radical (unpaired) electrons. The summed E-state index contributed by atoms with van der Waals surface area (Å²) in [4.78, 5) is 2.44. The summed E-state index contributed by atoms with van der Waals surface area (Å²) < 4.78 is 6.23. The topological polar surface area (TPSA) is 12.5 Å². The van der Waals surface area contributed by atoms with Gasteiger partial charge in [-0.3, -0.25) is 4.90 Å². The number of nitrogens with zero attached hydrogens (tertiary/aromatic N) is 1. The van der Waals surface area contributed by atoms with E-state index in [1.165, 1.54) is 16.7 Å². The van der Waals surface area contributed by atoms with Gasteiger partial charge in [0.15, 0.2) is 0 Å². The van der Waals surface area contributed by atoms with Crippen LogP contribution in [-0.2, 0) is 17.9 Å². The van der Waals surface area contributed by atoms with Crippen molar-refractivity contribution in [2.45, 2.75) is 25.7 Å². The van der Waals surface area contributed by atoms with Gasteiger partial charge in [-0.05, 0) is 29.7 Å². The van der Waals surface area contributed by atoms with E-state index in [1.807, 2.05) is 6.07 Å². The van der Waals surface area contributed by atoms with E-state index in [9.17, 15) is 0 Å². The van der Waals surface area contributed by atoms with Crippen LogP contribution in [0, 0.1) is 0 Å². The number of halogens is 1. The largest absolute Gasteiger partial charge is 0.367 e. The molecule has 0 amide bonds. The number of hydrogen-bond acceptors (Lipinski definition) is 2. The summed E-state index contributed by atoms with van der Waals surface area (Å²) in [5.74, 6) is 0.716. The lowest BCUT2D eigenvalue weighted by molar-refractivity contribution is 0.00240. The zero-order valence-electron chi connectivity index (χ0n) is 12.7. The van der Waals surface area contributed by atoms with Crippen LogP contribution in [0.3, 0.4) is 0 Å². The van der Waals surface area contributed by atoms with E-state index in [-0.39, 0.29) is 6.10 Å². The van der Waals surface area contributed by atoms with Gasteiger partial charge in [0.1, 0.15) is 0 Å². The Labute approximate surface area is 137 Å². The van der Waals surface area contributed by atoms with E-state index < -0.39 is 0 Å². The van der Waals surface area contributed by atoms with Gasteiger partial charge < -0.3 is 4.74 Å². The second kappa shape index (κ2) is 7.77. The standard InChI is InChI=1S/C19H22ClNO/c20-11-6-12-21-13-17-9-4-5-10-18(17)19(14-21)22-15-16-7-2-1-3-8-16/h1-5,7-10,19H,6,11-15H2. The molecule has 0 N–H and O–H groups in total. The van der Waals surface area contributed by atoms with Gasteiger partial charge in [-0.1, -0.05) is 54.6 Å². The molecule has 0 saturated heterocycles. The smallest absolute Gasteiger partial charge is 0.0959 e. The first-order valence-corrected chi connectivity index (χ1v) is 8.42. The Morgan fingerprint density at radius 1 is 1.05 bits per heavy atom. The number of ether oxygens (including phenoxy) is 1. The van der Waals surface area contributed by atoms with E-state index in [2.05, 4.69) is 53.4 Å². The van der Waals surface area contributed by atoms with E-state index in [0.29, 0.717) is 12.5 Å². The van der Waals surface area contributed by atoms with Gasteiger partial charge in [-0.15, -0.1) is 11.6 Å². The third-order valence-corrected chi connectivity index (χ3v) is 4.39. The van der Waals surface area contributed by atoms with Crippen LogP contribution in [0.4, 0.5) is 0 Å². The summed E-state index contributed by atoms with van der Waals surface area (Å²) in [6.45, 7) is 3.63. The van der Waals surface area contributed by atoms with Crippen molar-refractivity contribution in [2.24, 2.45) is 0 Å². The van der Waals surface area contributed by atoms with Crippen LogP contribution in [0.2, 0.25) is 0 Å². The van der Waals surface area contributed by atoms with Crippen molar-refractivity contribution in [3.05, 3.63) is 71.3 Å². The maximum Gasteiger partial charge on any atom is 0.0959 e. The molecule has 0 bridgehead atoms. The number of fused-ring (bicyclic) bond motifs is 1. The van der Waals surface area contributed by atoms with Gasteiger partial charge in [0.05, 0.1) is 12.7 Å². The molecule has 0 spiro atoms. The number of hydrogen-bond donors (Lipinski definition) is 0.